The van der Waals surface area contributed by atoms with Crippen molar-refractivity contribution in [3.63, 3.8) is 0 Å². The molecule has 0 unspecified atom stereocenters. The van der Waals surface area contributed by atoms with Crippen LogP contribution in [0, 0.1) is 5.92 Å². The Morgan fingerprint density at radius 1 is 1.40 bits per heavy atom. The van der Waals surface area contributed by atoms with Crippen molar-refractivity contribution >= 4 is 23.5 Å². The number of pyridine rings is 1. The summed E-state index contributed by atoms with van der Waals surface area (Å²) in [6.45, 7) is 2.78. The maximum absolute atomic E-state index is 12.8. The van der Waals surface area contributed by atoms with Crippen molar-refractivity contribution in [3.05, 3.63) is 33.2 Å². The highest BCUT2D eigenvalue weighted by atomic mass is 35.5. The zero-order chi connectivity index (χ0) is 19.4. The molecule has 0 saturated carbocycles. The second-order valence-corrected chi connectivity index (χ2v) is 5.87. The Hall–Kier alpha value is -2.03. The van der Waals surface area contributed by atoms with E-state index in [4.69, 9.17) is 11.6 Å². The molecular formula is C15H18ClF3N2O4. The van der Waals surface area contributed by atoms with Gasteiger partial charge in [-0.1, -0.05) is 31.9 Å². The molecule has 1 aromatic heterocycles. The first-order valence-electron chi connectivity index (χ1n) is 7.35. The molecule has 10 heteroatoms. The molecule has 0 radical (unpaired) electrons. The van der Waals surface area contributed by atoms with Crippen molar-refractivity contribution in [2.75, 3.05) is 7.11 Å². The summed E-state index contributed by atoms with van der Waals surface area (Å²) in [7, 11) is 1.15. The largest absolute Gasteiger partial charge is 0.467 e. The van der Waals surface area contributed by atoms with Crippen molar-refractivity contribution in [3.8, 4) is 0 Å². The maximum Gasteiger partial charge on any atom is 0.417 e. The molecule has 2 atom stereocenters. The molecule has 6 nitrogen and oxygen atoms in total. The summed E-state index contributed by atoms with van der Waals surface area (Å²) >= 11 is 5.52. The smallest absolute Gasteiger partial charge is 0.417 e. The number of carbonyl (C=O) groups is 2. The fourth-order valence-electron chi connectivity index (χ4n) is 2.04. The Morgan fingerprint density at radius 3 is 2.48 bits per heavy atom. The second kappa shape index (κ2) is 8.37. The molecule has 0 aliphatic heterocycles. The Balaban J connectivity index is 3.05. The SMILES string of the molecule is CC[C@@H](C)[C@H](NC(=O)Cn1cc(C(F)(F)F)cc(Cl)c1=O)C(=O)OC. The number of hydrogen-bond acceptors (Lipinski definition) is 4. The lowest BCUT2D eigenvalue weighted by molar-refractivity contribution is -0.146. The lowest BCUT2D eigenvalue weighted by Crippen LogP contribution is -2.47. The van der Waals surface area contributed by atoms with Crippen molar-refractivity contribution in [2.24, 2.45) is 5.92 Å². The number of esters is 1. The van der Waals surface area contributed by atoms with E-state index >= 15 is 0 Å². The van der Waals surface area contributed by atoms with Gasteiger partial charge in [-0.25, -0.2) is 4.79 Å². The highest BCUT2D eigenvalue weighted by Crippen LogP contribution is 2.29. The van der Waals surface area contributed by atoms with Gasteiger partial charge in [-0.2, -0.15) is 13.2 Å². The predicted molar refractivity (Wildman–Crippen MR) is 84.1 cm³/mol. The predicted octanol–water partition coefficient (Wildman–Crippen LogP) is 2.22. The number of nitrogens with one attached hydrogen (secondary N) is 1. The van der Waals surface area contributed by atoms with E-state index in [2.05, 4.69) is 10.1 Å². The number of methoxy groups -OCH3 is 1. The zero-order valence-electron chi connectivity index (χ0n) is 13.8. The van der Waals surface area contributed by atoms with Gasteiger partial charge in [0.1, 0.15) is 17.6 Å². The van der Waals surface area contributed by atoms with E-state index in [1.165, 1.54) is 0 Å². The lowest BCUT2D eigenvalue weighted by atomic mass is 9.99. The van der Waals surface area contributed by atoms with Crippen LogP contribution in [0.2, 0.25) is 5.02 Å². The Labute approximate surface area is 146 Å². The molecule has 0 aliphatic carbocycles. The first kappa shape index (κ1) is 21.0. The minimum Gasteiger partial charge on any atom is -0.467 e. The molecule has 0 saturated heterocycles. The van der Waals surface area contributed by atoms with E-state index in [1.807, 2.05) is 0 Å². The van der Waals surface area contributed by atoms with Crippen LogP contribution in [-0.2, 0) is 27.0 Å². The van der Waals surface area contributed by atoms with Gasteiger partial charge in [0.2, 0.25) is 5.91 Å². The standard InChI is InChI=1S/C15H18ClF3N2O4/c1-4-8(2)12(14(24)25-3)20-11(22)7-21-6-9(15(17,18)19)5-10(16)13(21)23/h5-6,8,12H,4,7H2,1-3H3,(H,20,22)/t8-,12+/m1/s1. The van der Waals surface area contributed by atoms with Crippen molar-refractivity contribution in [2.45, 2.75) is 39.0 Å². The quantitative estimate of drug-likeness (QED) is 0.765. The van der Waals surface area contributed by atoms with Gasteiger partial charge in [0, 0.05) is 6.20 Å². The highest BCUT2D eigenvalue weighted by molar-refractivity contribution is 6.30. The van der Waals surface area contributed by atoms with E-state index < -0.39 is 46.8 Å². The van der Waals surface area contributed by atoms with Crippen LogP contribution in [0.25, 0.3) is 0 Å². The second-order valence-electron chi connectivity index (χ2n) is 5.46. The first-order valence-corrected chi connectivity index (χ1v) is 7.73. The molecule has 0 bridgehead atoms. The molecule has 140 valence electrons. The van der Waals surface area contributed by atoms with Gasteiger partial charge in [0.15, 0.2) is 0 Å². The van der Waals surface area contributed by atoms with Gasteiger partial charge in [-0.15, -0.1) is 0 Å². The summed E-state index contributed by atoms with van der Waals surface area (Å²) in [5.74, 6) is -1.76. The molecule has 1 rings (SSSR count). The molecule has 1 aromatic rings. The van der Waals surface area contributed by atoms with E-state index in [0.717, 1.165) is 7.11 Å². The van der Waals surface area contributed by atoms with E-state index in [0.29, 0.717) is 23.3 Å². The molecule has 0 fully saturated rings. The average molecular weight is 383 g/mol. The molecule has 0 spiro atoms. The minimum atomic E-state index is -4.72. The third-order valence-electron chi connectivity index (χ3n) is 3.67. The number of amides is 1. The molecule has 25 heavy (non-hydrogen) atoms. The van der Waals surface area contributed by atoms with Crippen LogP contribution in [0.1, 0.15) is 25.8 Å². The number of alkyl halides is 3. The van der Waals surface area contributed by atoms with E-state index in [9.17, 15) is 27.6 Å². The van der Waals surface area contributed by atoms with Crippen LogP contribution in [0.4, 0.5) is 13.2 Å². The molecular weight excluding hydrogens is 365 g/mol. The van der Waals surface area contributed by atoms with Gasteiger partial charge >= 0.3 is 12.1 Å². The number of hydrogen-bond donors (Lipinski definition) is 1. The normalized spacial score (nSPS) is 13.9. The fraction of sp³-hybridized carbons (Fsp3) is 0.533. The van der Waals surface area contributed by atoms with Crippen LogP contribution >= 0.6 is 11.6 Å². The number of carbonyl (C=O) groups excluding carboxylic acids is 2. The number of aromatic nitrogens is 1. The van der Waals surface area contributed by atoms with Gasteiger partial charge in [-0.3, -0.25) is 9.59 Å². The van der Waals surface area contributed by atoms with E-state index in [1.54, 1.807) is 13.8 Å². The topological polar surface area (TPSA) is 77.4 Å². The maximum atomic E-state index is 12.8. The monoisotopic (exact) mass is 382 g/mol. The highest BCUT2D eigenvalue weighted by Gasteiger charge is 2.32. The third-order valence-corrected chi connectivity index (χ3v) is 3.94. The lowest BCUT2D eigenvalue weighted by Gasteiger charge is -2.22. The van der Waals surface area contributed by atoms with Crippen molar-refractivity contribution < 1.29 is 27.5 Å². The number of halogens is 4. The molecule has 1 heterocycles. The molecule has 0 aromatic carbocycles. The van der Waals surface area contributed by atoms with Crippen LogP contribution in [0.15, 0.2) is 17.1 Å². The molecule has 1 N–H and O–H groups in total. The summed E-state index contributed by atoms with van der Waals surface area (Å²) in [6, 6.07) is -0.478. The van der Waals surface area contributed by atoms with Crippen LogP contribution in [-0.4, -0.2) is 29.6 Å². The minimum absolute atomic E-state index is 0.266. The van der Waals surface area contributed by atoms with E-state index in [-0.39, 0.29) is 5.92 Å². The van der Waals surface area contributed by atoms with Gasteiger partial charge in [-0.05, 0) is 12.0 Å². The molecule has 0 aliphatic rings. The molecule has 1 amide bonds. The Kier molecular flexibility index (Phi) is 7.04. The van der Waals surface area contributed by atoms with Crippen LogP contribution in [0.3, 0.4) is 0 Å². The number of ether oxygens (including phenoxy) is 1. The summed E-state index contributed by atoms with van der Waals surface area (Å²) in [5.41, 5.74) is -2.10. The Bertz CT molecular complexity index is 703. The van der Waals surface area contributed by atoms with Crippen molar-refractivity contribution in [1.29, 1.82) is 0 Å². The Morgan fingerprint density at radius 2 is 2.00 bits per heavy atom. The summed E-state index contributed by atoms with van der Waals surface area (Å²) < 4.78 is 43.5. The summed E-state index contributed by atoms with van der Waals surface area (Å²) in [5, 5.41) is 1.72. The summed E-state index contributed by atoms with van der Waals surface area (Å²) in [4.78, 5) is 35.7. The summed E-state index contributed by atoms with van der Waals surface area (Å²) in [6.07, 6.45) is -3.67. The average Bonchev–Trinajstić information content (AvgIpc) is 2.54. The fourth-order valence-corrected chi connectivity index (χ4v) is 2.27. The van der Waals surface area contributed by atoms with Gasteiger partial charge in [0.25, 0.3) is 5.56 Å². The third kappa shape index (κ3) is 5.48. The number of nitrogens with zero attached hydrogens (tertiary/aromatic N) is 1. The van der Waals surface area contributed by atoms with Crippen LogP contribution in [0.5, 0.6) is 0 Å². The number of rotatable bonds is 6. The van der Waals surface area contributed by atoms with Crippen LogP contribution < -0.4 is 10.9 Å². The van der Waals surface area contributed by atoms with Gasteiger partial charge < -0.3 is 14.6 Å². The van der Waals surface area contributed by atoms with Gasteiger partial charge in [0.05, 0.1) is 12.7 Å². The zero-order valence-corrected chi connectivity index (χ0v) is 14.6. The first-order chi connectivity index (χ1) is 11.5. The van der Waals surface area contributed by atoms with Crippen molar-refractivity contribution in [1.82, 2.24) is 9.88 Å².